The highest BCUT2D eigenvalue weighted by atomic mass is 19.3. The molecule has 0 aliphatic rings. The fourth-order valence-electron chi connectivity index (χ4n) is 1.89. The Kier molecular flexibility index (Phi) is 4.21. The van der Waals surface area contributed by atoms with Crippen LogP contribution in [0.25, 0.3) is 0 Å². The molecule has 1 aromatic rings. The number of rotatable bonds is 5. The molecule has 1 nitrogen and oxygen atoms in total. The van der Waals surface area contributed by atoms with Crippen molar-refractivity contribution in [1.29, 1.82) is 0 Å². The van der Waals surface area contributed by atoms with E-state index in [1.165, 1.54) is 0 Å². The molecule has 1 unspecified atom stereocenters. The van der Waals surface area contributed by atoms with Crippen molar-refractivity contribution in [2.24, 2.45) is 0 Å². The summed E-state index contributed by atoms with van der Waals surface area (Å²) in [6.07, 6.45) is -1.24. The first kappa shape index (κ1) is 12.1. The summed E-state index contributed by atoms with van der Waals surface area (Å²) in [5.74, 6) is 0. The molecule has 0 saturated heterocycles. The van der Waals surface area contributed by atoms with Gasteiger partial charge in [-0.1, -0.05) is 43.7 Å². The van der Waals surface area contributed by atoms with Gasteiger partial charge in [-0.2, -0.15) is 0 Å². The molecular formula is C12H17F2N. The van der Waals surface area contributed by atoms with E-state index in [4.69, 9.17) is 0 Å². The van der Waals surface area contributed by atoms with Gasteiger partial charge in [0.25, 0.3) is 6.43 Å². The Bertz CT molecular complexity index is 287. The Morgan fingerprint density at radius 3 is 2.27 bits per heavy atom. The van der Waals surface area contributed by atoms with Gasteiger partial charge in [-0.15, -0.1) is 0 Å². The van der Waals surface area contributed by atoms with Crippen LogP contribution in [-0.2, 0) is 5.54 Å². The average Bonchev–Trinajstić information content (AvgIpc) is 2.26. The first-order valence-corrected chi connectivity index (χ1v) is 5.20. The maximum Gasteiger partial charge on any atom is 0.260 e. The highest BCUT2D eigenvalue weighted by molar-refractivity contribution is 5.25. The Morgan fingerprint density at radius 1 is 1.27 bits per heavy atom. The lowest BCUT2D eigenvalue weighted by molar-refractivity contribution is 0.0257. The molecule has 0 aliphatic heterocycles. The fraction of sp³-hybridized carbons (Fsp3) is 0.500. The fourth-order valence-corrected chi connectivity index (χ4v) is 1.89. The zero-order valence-corrected chi connectivity index (χ0v) is 9.13. The molecule has 1 N–H and O–H groups in total. The monoisotopic (exact) mass is 213 g/mol. The van der Waals surface area contributed by atoms with Crippen molar-refractivity contribution in [2.75, 3.05) is 7.05 Å². The van der Waals surface area contributed by atoms with Gasteiger partial charge in [0.15, 0.2) is 0 Å². The molecule has 0 aliphatic carbocycles. The molecule has 15 heavy (non-hydrogen) atoms. The molecule has 0 bridgehead atoms. The molecule has 0 fully saturated rings. The summed E-state index contributed by atoms with van der Waals surface area (Å²) in [6.45, 7) is 1.91. The number of nitrogens with one attached hydrogen (secondary N) is 1. The van der Waals surface area contributed by atoms with Crippen LogP contribution >= 0.6 is 0 Å². The number of hydrogen-bond acceptors (Lipinski definition) is 1. The van der Waals surface area contributed by atoms with Crippen LogP contribution in [0.5, 0.6) is 0 Å². The van der Waals surface area contributed by atoms with Crippen molar-refractivity contribution < 1.29 is 8.78 Å². The minimum Gasteiger partial charge on any atom is -0.306 e. The predicted octanol–water partition coefficient (Wildman–Crippen LogP) is 3.17. The van der Waals surface area contributed by atoms with Crippen LogP contribution < -0.4 is 5.32 Å². The Hall–Kier alpha value is -0.960. The minimum atomic E-state index is -2.40. The average molecular weight is 213 g/mol. The summed E-state index contributed by atoms with van der Waals surface area (Å²) in [5, 5.41) is 2.78. The van der Waals surface area contributed by atoms with Gasteiger partial charge in [-0.05, 0) is 19.0 Å². The van der Waals surface area contributed by atoms with Crippen LogP contribution in [0.2, 0.25) is 0 Å². The first-order valence-electron chi connectivity index (χ1n) is 5.20. The maximum atomic E-state index is 13.2. The van der Waals surface area contributed by atoms with E-state index in [1.807, 2.05) is 13.0 Å². The molecule has 1 atom stereocenters. The molecular weight excluding hydrogens is 196 g/mol. The third-order valence-electron chi connectivity index (χ3n) is 2.75. The lowest BCUT2D eigenvalue weighted by Crippen LogP contribution is -2.46. The lowest BCUT2D eigenvalue weighted by atomic mass is 9.86. The first-order chi connectivity index (χ1) is 7.17. The van der Waals surface area contributed by atoms with Gasteiger partial charge >= 0.3 is 0 Å². The molecule has 0 radical (unpaired) electrons. The largest absolute Gasteiger partial charge is 0.306 e. The highest BCUT2D eigenvalue weighted by Crippen LogP contribution is 2.32. The van der Waals surface area contributed by atoms with Gasteiger partial charge in [-0.25, -0.2) is 8.78 Å². The van der Waals surface area contributed by atoms with Gasteiger partial charge in [0.05, 0.1) is 0 Å². The summed E-state index contributed by atoms with van der Waals surface area (Å²) in [5.41, 5.74) is -0.542. The molecule has 0 heterocycles. The standard InChI is InChI=1S/C12H17F2N/c1-3-9-12(15-2,11(13)14)10-7-5-4-6-8-10/h4-8,11,15H,3,9H2,1-2H3. The van der Waals surface area contributed by atoms with E-state index in [0.29, 0.717) is 12.0 Å². The topological polar surface area (TPSA) is 12.0 Å². The second-order valence-electron chi connectivity index (χ2n) is 3.64. The van der Waals surface area contributed by atoms with E-state index in [2.05, 4.69) is 5.32 Å². The smallest absolute Gasteiger partial charge is 0.260 e. The summed E-state index contributed by atoms with van der Waals surface area (Å²) < 4.78 is 26.3. The number of alkyl halides is 2. The minimum absolute atomic E-state index is 0.436. The third-order valence-corrected chi connectivity index (χ3v) is 2.75. The van der Waals surface area contributed by atoms with Crippen molar-refractivity contribution in [3.8, 4) is 0 Å². The second-order valence-corrected chi connectivity index (χ2v) is 3.64. The Morgan fingerprint density at radius 2 is 1.87 bits per heavy atom. The van der Waals surface area contributed by atoms with Crippen LogP contribution in [-0.4, -0.2) is 13.5 Å². The maximum absolute atomic E-state index is 13.2. The second kappa shape index (κ2) is 5.21. The predicted molar refractivity (Wildman–Crippen MR) is 58.1 cm³/mol. The molecule has 84 valence electrons. The number of benzene rings is 1. The van der Waals surface area contributed by atoms with Crippen LogP contribution in [0.1, 0.15) is 25.3 Å². The van der Waals surface area contributed by atoms with Gasteiger partial charge in [0.1, 0.15) is 5.54 Å². The summed E-state index contributed by atoms with van der Waals surface area (Å²) in [6, 6.07) is 8.91. The zero-order chi connectivity index (χ0) is 11.3. The summed E-state index contributed by atoms with van der Waals surface area (Å²) >= 11 is 0. The zero-order valence-electron chi connectivity index (χ0n) is 9.13. The Labute approximate surface area is 89.5 Å². The van der Waals surface area contributed by atoms with Crippen molar-refractivity contribution >= 4 is 0 Å². The third kappa shape index (κ3) is 2.34. The van der Waals surface area contributed by atoms with E-state index in [1.54, 1.807) is 31.3 Å². The molecule has 1 aromatic carbocycles. The molecule has 1 rings (SSSR count). The van der Waals surface area contributed by atoms with Crippen molar-refractivity contribution in [1.82, 2.24) is 5.32 Å². The van der Waals surface area contributed by atoms with Gasteiger partial charge < -0.3 is 5.32 Å². The van der Waals surface area contributed by atoms with E-state index >= 15 is 0 Å². The molecule has 3 heteroatoms. The van der Waals surface area contributed by atoms with Crippen LogP contribution in [0.4, 0.5) is 8.78 Å². The van der Waals surface area contributed by atoms with Crippen molar-refractivity contribution in [3.05, 3.63) is 35.9 Å². The van der Waals surface area contributed by atoms with Crippen molar-refractivity contribution in [2.45, 2.75) is 31.7 Å². The van der Waals surface area contributed by atoms with E-state index in [0.717, 1.165) is 6.42 Å². The van der Waals surface area contributed by atoms with Gasteiger partial charge in [0, 0.05) is 0 Å². The van der Waals surface area contributed by atoms with Crippen LogP contribution in [0.15, 0.2) is 30.3 Å². The van der Waals surface area contributed by atoms with Gasteiger partial charge in [0.2, 0.25) is 0 Å². The van der Waals surface area contributed by atoms with E-state index in [9.17, 15) is 8.78 Å². The van der Waals surface area contributed by atoms with Crippen molar-refractivity contribution in [3.63, 3.8) is 0 Å². The SMILES string of the molecule is CCCC(NC)(c1ccccc1)C(F)F. The lowest BCUT2D eigenvalue weighted by Gasteiger charge is -2.33. The molecule has 0 spiro atoms. The van der Waals surface area contributed by atoms with E-state index < -0.39 is 12.0 Å². The number of halogens is 2. The summed E-state index contributed by atoms with van der Waals surface area (Å²) in [4.78, 5) is 0. The highest BCUT2D eigenvalue weighted by Gasteiger charge is 2.39. The van der Waals surface area contributed by atoms with Crippen LogP contribution in [0.3, 0.4) is 0 Å². The molecule has 0 saturated carbocycles. The summed E-state index contributed by atoms with van der Waals surface area (Å²) in [7, 11) is 1.59. The van der Waals surface area contributed by atoms with E-state index in [-0.39, 0.29) is 0 Å². The van der Waals surface area contributed by atoms with Crippen LogP contribution in [0, 0.1) is 0 Å². The quantitative estimate of drug-likeness (QED) is 0.792. The molecule has 0 aromatic heterocycles. The van der Waals surface area contributed by atoms with Gasteiger partial charge in [-0.3, -0.25) is 0 Å². The Balaban J connectivity index is 3.09. The number of hydrogen-bond donors (Lipinski definition) is 1. The molecule has 0 amide bonds. The normalized spacial score (nSPS) is 15.3.